The van der Waals surface area contributed by atoms with E-state index < -0.39 is 0 Å². The summed E-state index contributed by atoms with van der Waals surface area (Å²) in [6.45, 7) is 3.13. The molecule has 0 unspecified atom stereocenters. The molecule has 5 nitrogen and oxygen atoms in total. The van der Waals surface area contributed by atoms with Gasteiger partial charge in [0.05, 0.1) is 6.04 Å². The van der Waals surface area contributed by atoms with Crippen molar-refractivity contribution in [2.75, 3.05) is 26.2 Å². The molecule has 0 saturated carbocycles. The largest absolute Gasteiger partial charge is 0.484 e. The smallest absolute Gasteiger partial charge is 0.260 e. The number of nitrogens with zero attached hydrogens (tertiary/aromatic N) is 2. The summed E-state index contributed by atoms with van der Waals surface area (Å²) in [7, 11) is 0. The molecule has 1 aliphatic rings. The molecule has 1 fully saturated rings. The van der Waals surface area contributed by atoms with Crippen molar-refractivity contribution in [2.45, 2.75) is 13.0 Å². The Balaban J connectivity index is 1.67. The minimum Gasteiger partial charge on any atom is -0.484 e. The molecule has 1 heterocycles. The number of para-hydroxylation sites is 1. The van der Waals surface area contributed by atoms with Crippen LogP contribution in [0.1, 0.15) is 18.5 Å². The highest BCUT2D eigenvalue weighted by molar-refractivity contribution is 5.79. The van der Waals surface area contributed by atoms with Crippen molar-refractivity contribution in [1.82, 2.24) is 9.80 Å². The van der Waals surface area contributed by atoms with Gasteiger partial charge in [-0.2, -0.15) is 0 Å². The second kappa shape index (κ2) is 7.83. The molecule has 3 rings (SSSR count). The predicted molar refractivity (Wildman–Crippen MR) is 95.1 cm³/mol. The lowest BCUT2D eigenvalue weighted by Gasteiger charge is -2.41. The van der Waals surface area contributed by atoms with Crippen molar-refractivity contribution in [3.05, 3.63) is 66.2 Å². The van der Waals surface area contributed by atoms with E-state index in [1.54, 1.807) is 11.8 Å². The van der Waals surface area contributed by atoms with Gasteiger partial charge in [-0.25, -0.2) is 0 Å². The number of carbonyl (C=O) groups excluding carboxylic acids is 2. The minimum absolute atomic E-state index is 0.00555. The Bertz CT molecular complexity index is 718. The first kappa shape index (κ1) is 17.0. The van der Waals surface area contributed by atoms with Crippen LogP contribution in [0.15, 0.2) is 60.7 Å². The maximum absolute atomic E-state index is 12.5. The molecule has 0 aromatic heterocycles. The van der Waals surface area contributed by atoms with Crippen LogP contribution in [0, 0.1) is 0 Å². The van der Waals surface area contributed by atoms with Crippen LogP contribution >= 0.6 is 0 Å². The fraction of sp³-hybridized carbons (Fsp3) is 0.300. The Morgan fingerprint density at radius 1 is 1.00 bits per heavy atom. The number of amides is 2. The fourth-order valence-electron chi connectivity index (χ4n) is 3.10. The number of benzene rings is 2. The molecule has 130 valence electrons. The van der Waals surface area contributed by atoms with E-state index in [4.69, 9.17) is 4.74 Å². The Kier molecular flexibility index (Phi) is 5.33. The molecule has 0 N–H and O–H groups in total. The molecule has 1 aliphatic heterocycles. The number of piperazine rings is 1. The molecule has 0 spiro atoms. The van der Waals surface area contributed by atoms with E-state index in [0.717, 1.165) is 5.56 Å². The molecule has 0 radical (unpaired) electrons. The van der Waals surface area contributed by atoms with Gasteiger partial charge in [-0.15, -0.1) is 0 Å². The number of carbonyl (C=O) groups is 2. The summed E-state index contributed by atoms with van der Waals surface area (Å²) in [4.78, 5) is 28.1. The van der Waals surface area contributed by atoms with Gasteiger partial charge >= 0.3 is 0 Å². The van der Waals surface area contributed by atoms with Gasteiger partial charge < -0.3 is 14.5 Å². The summed E-state index contributed by atoms with van der Waals surface area (Å²) in [5, 5.41) is 0. The molecule has 2 amide bonds. The van der Waals surface area contributed by atoms with E-state index in [2.05, 4.69) is 0 Å². The average Bonchev–Trinajstić information content (AvgIpc) is 2.67. The van der Waals surface area contributed by atoms with Gasteiger partial charge in [0.2, 0.25) is 5.91 Å². The lowest BCUT2D eigenvalue weighted by molar-refractivity contribution is -0.143. The average molecular weight is 338 g/mol. The van der Waals surface area contributed by atoms with Gasteiger partial charge in [-0.05, 0) is 17.7 Å². The van der Waals surface area contributed by atoms with Crippen molar-refractivity contribution in [3.8, 4) is 5.75 Å². The van der Waals surface area contributed by atoms with Crippen molar-refractivity contribution < 1.29 is 14.3 Å². The first-order valence-electron chi connectivity index (χ1n) is 8.43. The quantitative estimate of drug-likeness (QED) is 0.861. The van der Waals surface area contributed by atoms with Gasteiger partial charge in [0.15, 0.2) is 6.61 Å². The standard InChI is InChI=1S/C20H22N2O3/c1-16(23)22-13-12-21(14-19(22)17-8-4-2-5-9-17)20(24)15-25-18-10-6-3-7-11-18/h2-11,19H,12-15H2,1H3/t19-/m0/s1. The van der Waals surface area contributed by atoms with E-state index in [-0.39, 0.29) is 24.5 Å². The van der Waals surface area contributed by atoms with E-state index in [9.17, 15) is 9.59 Å². The van der Waals surface area contributed by atoms with E-state index in [0.29, 0.717) is 25.4 Å². The third-order valence-corrected chi connectivity index (χ3v) is 4.43. The van der Waals surface area contributed by atoms with Crippen molar-refractivity contribution in [2.24, 2.45) is 0 Å². The summed E-state index contributed by atoms with van der Waals surface area (Å²) >= 11 is 0. The fourth-order valence-corrected chi connectivity index (χ4v) is 3.10. The molecule has 25 heavy (non-hydrogen) atoms. The lowest BCUT2D eigenvalue weighted by atomic mass is 10.0. The van der Waals surface area contributed by atoms with Gasteiger partial charge in [0.1, 0.15) is 5.75 Å². The van der Waals surface area contributed by atoms with Crippen LogP contribution in [0.3, 0.4) is 0 Å². The van der Waals surface area contributed by atoms with E-state index in [1.165, 1.54) is 0 Å². The van der Waals surface area contributed by atoms with Crippen molar-refractivity contribution in [1.29, 1.82) is 0 Å². The third kappa shape index (κ3) is 4.18. The molecule has 0 bridgehead atoms. The molecule has 0 aliphatic carbocycles. The van der Waals surface area contributed by atoms with Crippen LogP contribution < -0.4 is 4.74 Å². The monoisotopic (exact) mass is 338 g/mol. The number of hydrogen-bond donors (Lipinski definition) is 0. The van der Waals surface area contributed by atoms with E-state index >= 15 is 0 Å². The number of hydrogen-bond acceptors (Lipinski definition) is 3. The second-order valence-electron chi connectivity index (χ2n) is 6.08. The predicted octanol–water partition coefficient (Wildman–Crippen LogP) is 2.50. The maximum atomic E-state index is 12.5. The molecular formula is C20H22N2O3. The van der Waals surface area contributed by atoms with Gasteiger partial charge in [0.25, 0.3) is 5.91 Å². The zero-order chi connectivity index (χ0) is 17.6. The summed E-state index contributed by atoms with van der Waals surface area (Å²) < 4.78 is 5.56. The zero-order valence-electron chi connectivity index (χ0n) is 14.3. The molecular weight excluding hydrogens is 316 g/mol. The van der Waals surface area contributed by atoms with Crippen LogP contribution in [-0.4, -0.2) is 47.9 Å². The SMILES string of the molecule is CC(=O)N1CCN(C(=O)COc2ccccc2)C[C@H]1c1ccccc1. The Hall–Kier alpha value is -2.82. The van der Waals surface area contributed by atoms with Crippen LogP contribution in [0.5, 0.6) is 5.75 Å². The maximum Gasteiger partial charge on any atom is 0.260 e. The molecule has 1 saturated heterocycles. The molecule has 1 atom stereocenters. The normalized spacial score (nSPS) is 17.2. The topological polar surface area (TPSA) is 49.9 Å². The number of ether oxygens (including phenoxy) is 1. The van der Waals surface area contributed by atoms with Gasteiger partial charge in [-0.1, -0.05) is 48.5 Å². The Labute approximate surface area is 147 Å². The van der Waals surface area contributed by atoms with Crippen molar-refractivity contribution >= 4 is 11.8 Å². The minimum atomic E-state index is -0.117. The Morgan fingerprint density at radius 2 is 1.64 bits per heavy atom. The molecule has 2 aromatic carbocycles. The van der Waals surface area contributed by atoms with Crippen LogP contribution in [0.25, 0.3) is 0 Å². The van der Waals surface area contributed by atoms with Crippen molar-refractivity contribution in [3.63, 3.8) is 0 Å². The highest BCUT2D eigenvalue weighted by Crippen LogP contribution is 2.25. The summed E-state index contributed by atoms with van der Waals surface area (Å²) in [5.41, 5.74) is 1.04. The van der Waals surface area contributed by atoms with E-state index in [1.807, 2.05) is 65.6 Å². The van der Waals surface area contributed by atoms with Gasteiger partial charge in [0, 0.05) is 26.6 Å². The van der Waals surface area contributed by atoms with Crippen LogP contribution in [0.2, 0.25) is 0 Å². The first-order valence-corrected chi connectivity index (χ1v) is 8.43. The molecule has 5 heteroatoms. The summed E-state index contributed by atoms with van der Waals surface area (Å²) in [6.07, 6.45) is 0. The van der Waals surface area contributed by atoms with Crippen LogP contribution in [0.4, 0.5) is 0 Å². The highest BCUT2D eigenvalue weighted by Gasteiger charge is 2.32. The molecule has 2 aromatic rings. The second-order valence-corrected chi connectivity index (χ2v) is 6.08. The lowest BCUT2D eigenvalue weighted by Crippen LogP contribution is -2.52. The van der Waals surface area contributed by atoms with Crippen LogP contribution in [-0.2, 0) is 9.59 Å². The Morgan fingerprint density at radius 3 is 2.28 bits per heavy atom. The summed E-state index contributed by atoms with van der Waals surface area (Å²) in [6, 6.07) is 19.0. The van der Waals surface area contributed by atoms with Gasteiger partial charge in [-0.3, -0.25) is 9.59 Å². The number of rotatable bonds is 4. The zero-order valence-corrected chi connectivity index (χ0v) is 14.3. The first-order chi connectivity index (χ1) is 12.1. The summed E-state index contributed by atoms with van der Waals surface area (Å²) in [5.74, 6) is 0.646. The third-order valence-electron chi connectivity index (χ3n) is 4.43. The highest BCUT2D eigenvalue weighted by atomic mass is 16.5.